The van der Waals surface area contributed by atoms with Crippen LogP contribution < -0.4 is 5.73 Å². The number of benzene rings is 1. The molecule has 2 rings (SSSR count). The van der Waals surface area contributed by atoms with Crippen LogP contribution in [0.2, 0.25) is 0 Å². The predicted octanol–water partition coefficient (Wildman–Crippen LogP) is 0.873. The molecule has 0 saturated carbocycles. The Morgan fingerprint density at radius 2 is 2.18 bits per heavy atom. The third kappa shape index (κ3) is 2.15. The summed E-state index contributed by atoms with van der Waals surface area (Å²) in [7, 11) is 0. The van der Waals surface area contributed by atoms with E-state index in [4.69, 9.17) is 5.73 Å². The van der Waals surface area contributed by atoms with Gasteiger partial charge in [0.1, 0.15) is 5.82 Å². The molecule has 0 atom stereocenters. The van der Waals surface area contributed by atoms with E-state index in [0.29, 0.717) is 11.3 Å². The summed E-state index contributed by atoms with van der Waals surface area (Å²) in [4.78, 5) is 11.0. The van der Waals surface area contributed by atoms with Crippen LogP contribution >= 0.6 is 0 Å². The monoisotopic (exact) mass is 234 g/mol. The van der Waals surface area contributed by atoms with Crippen LogP contribution in [0.3, 0.4) is 0 Å². The van der Waals surface area contributed by atoms with Crippen LogP contribution in [0.15, 0.2) is 24.3 Å². The molecule has 0 unspecified atom stereocenters. The van der Waals surface area contributed by atoms with E-state index < -0.39 is 5.91 Å². The molecule has 0 bridgehead atoms. The van der Waals surface area contributed by atoms with E-state index in [1.54, 1.807) is 25.1 Å². The lowest BCUT2D eigenvalue weighted by Gasteiger charge is -2.04. The third-order valence-corrected chi connectivity index (χ3v) is 2.49. The minimum absolute atomic E-state index is 0.112. The first-order valence-corrected chi connectivity index (χ1v) is 5.03. The van der Waals surface area contributed by atoms with Crippen molar-refractivity contribution in [1.29, 1.82) is 0 Å². The fourth-order valence-corrected chi connectivity index (χ4v) is 1.53. The lowest BCUT2D eigenvalue weighted by atomic mass is 10.2. The van der Waals surface area contributed by atoms with Gasteiger partial charge in [-0.15, -0.1) is 5.10 Å². The molecular formula is C11H11FN4O. The minimum atomic E-state index is -0.637. The highest BCUT2D eigenvalue weighted by atomic mass is 19.1. The first kappa shape index (κ1) is 11.3. The highest BCUT2D eigenvalue weighted by molar-refractivity contribution is 5.91. The van der Waals surface area contributed by atoms with E-state index in [9.17, 15) is 9.18 Å². The Balaban J connectivity index is 2.31. The zero-order valence-electron chi connectivity index (χ0n) is 9.22. The maximum atomic E-state index is 13.4. The summed E-state index contributed by atoms with van der Waals surface area (Å²) in [6.07, 6.45) is 0. The highest BCUT2D eigenvalue weighted by Crippen LogP contribution is 2.10. The van der Waals surface area contributed by atoms with Crippen molar-refractivity contribution in [3.63, 3.8) is 0 Å². The molecule has 0 fully saturated rings. The number of aromatic nitrogens is 3. The fourth-order valence-electron chi connectivity index (χ4n) is 1.53. The number of rotatable bonds is 3. The predicted molar refractivity (Wildman–Crippen MR) is 58.8 cm³/mol. The molecule has 0 aliphatic rings. The number of carbonyl (C=O) groups is 1. The zero-order valence-corrected chi connectivity index (χ0v) is 9.22. The first-order chi connectivity index (χ1) is 8.09. The van der Waals surface area contributed by atoms with E-state index in [1.165, 1.54) is 10.7 Å². The van der Waals surface area contributed by atoms with Crippen molar-refractivity contribution in [1.82, 2.24) is 15.0 Å². The summed E-state index contributed by atoms with van der Waals surface area (Å²) in [6, 6.07) is 6.37. The van der Waals surface area contributed by atoms with Gasteiger partial charge in [0.05, 0.1) is 12.2 Å². The summed E-state index contributed by atoms with van der Waals surface area (Å²) in [5.74, 6) is -0.953. The zero-order chi connectivity index (χ0) is 12.4. The van der Waals surface area contributed by atoms with E-state index in [2.05, 4.69) is 10.3 Å². The number of hydrogen-bond acceptors (Lipinski definition) is 3. The van der Waals surface area contributed by atoms with Crippen molar-refractivity contribution in [3.8, 4) is 0 Å². The van der Waals surface area contributed by atoms with E-state index in [-0.39, 0.29) is 18.1 Å². The van der Waals surface area contributed by atoms with Gasteiger partial charge < -0.3 is 5.73 Å². The number of halogens is 1. The molecule has 0 aliphatic carbocycles. The Labute approximate surface area is 97.0 Å². The van der Waals surface area contributed by atoms with Gasteiger partial charge in [0, 0.05) is 5.56 Å². The summed E-state index contributed by atoms with van der Waals surface area (Å²) >= 11 is 0. The van der Waals surface area contributed by atoms with Crippen LogP contribution in [-0.2, 0) is 6.54 Å². The van der Waals surface area contributed by atoms with Crippen LogP contribution in [0, 0.1) is 12.7 Å². The van der Waals surface area contributed by atoms with Gasteiger partial charge >= 0.3 is 0 Å². The molecule has 0 spiro atoms. The summed E-state index contributed by atoms with van der Waals surface area (Å²) in [5.41, 5.74) is 6.25. The van der Waals surface area contributed by atoms with Crippen molar-refractivity contribution >= 4 is 5.91 Å². The molecule has 0 saturated heterocycles. The standard InChI is InChI=1S/C11H11FN4O/c1-7-10(11(13)17)14-15-16(7)6-8-4-2-3-5-9(8)12/h2-5H,6H2,1H3,(H2,13,17). The SMILES string of the molecule is Cc1c(C(N)=O)nnn1Cc1ccccc1F. The number of carbonyl (C=O) groups excluding carboxylic acids is 1. The van der Waals surface area contributed by atoms with Crippen LogP contribution in [0.4, 0.5) is 4.39 Å². The van der Waals surface area contributed by atoms with Gasteiger partial charge in [0.15, 0.2) is 5.69 Å². The molecule has 0 radical (unpaired) electrons. The average molecular weight is 234 g/mol. The second-order valence-corrected chi connectivity index (χ2v) is 3.64. The molecule has 2 aromatic rings. The van der Waals surface area contributed by atoms with Gasteiger partial charge in [-0.3, -0.25) is 4.79 Å². The van der Waals surface area contributed by atoms with E-state index in [1.807, 2.05) is 0 Å². The number of nitrogens with two attached hydrogens (primary N) is 1. The number of hydrogen-bond donors (Lipinski definition) is 1. The molecule has 17 heavy (non-hydrogen) atoms. The van der Waals surface area contributed by atoms with Crippen molar-refractivity contribution < 1.29 is 9.18 Å². The third-order valence-electron chi connectivity index (χ3n) is 2.49. The number of nitrogens with zero attached hydrogens (tertiary/aromatic N) is 3. The van der Waals surface area contributed by atoms with Crippen molar-refractivity contribution in [2.75, 3.05) is 0 Å². The van der Waals surface area contributed by atoms with Crippen LogP contribution in [0.1, 0.15) is 21.7 Å². The van der Waals surface area contributed by atoms with Crippen molar-refractivity contribution in [3.05, 3.63) is 47.0 Å². The topological polar surface area (TPSA) is 73.8 Å². The Bertz CT molecular complexity index is 564. The van der Waals surface area contributed by atoms with E-state index in [0.717, 1.165) is 0 Å². The molecular weight excluding hydrogens is 223 g/mol. The Morgan fingerprint density at radius 3 is 2.76 bits per heavy atom. The van der Waals surface area contributed by atoms with Crippen molar-refractivity contribution in [2.45, 2.75) is 13.5 Å². The summed E-state index contributed by atoms with van der Waals surface area (Å²) in [5, 5.41) is 7.43. The largest absolute Gasteiger partial charge is 0.364 e. The normalized spacial score (nSPS) is 10.5. The van der Waals surface area contributed by atoms with Crippen molar-refractivity contribution in [2.24, 2.45) is 5.73 Å². The quantitative estimate of drug-likeness (QED) is 0.856. The molecule has 0 aliphatic heterocycles. The smallest absolute Gasteiger partial charge is 0.271 e. The molecule has 2 N–H and O–H groups in total. The first-order valence-electron chi connectivity index (χ1n) is 5.03. The number of amides is 1. The molecule has 5 nitrogen and oxygen atoms in total. The lowest BCUT2D eigenvalue weighted by Crippen LogP contribution is -2.14. The highest BCUT2D eigenvalue weighted by Gasteiger charge is 2.14. The number of primary amides is 1. The summed E-state index contributed by atoms with van der Waals surface area (Å²) in [6.45, 7) is 1.89. The Kier molecular flexibility index (Phi) is 2.86. The van der Waals surface area contributed by atoms with Gasteiger partial charge in [0.25, 0.3) is 5.91 Å². The molecule has 1 amide bonds. The Morgan fingerprint density at radius 1 is 1.47 bits per heavy atom. The van der Waals surface area contributed by atoms with Crippen LogP contribution in [-0.4, -0.2) is 20.9 Å². The minimum Gasteiger partial charge on any atom is -0.364 e. The van der Waals surface area contributed by atoms with Gasteiger partial charge in [-0.1, -0.05) is 23.4 Å². The maximum Gasteiger partial charge on any atom is 0.271 e. The molecule has 88 valence electrons. The molecule has 1 heterocycles. The molecule has 1 aromatic carbocycles. The molecule has 1 aromatic heterocycles. The van der Waals surface area contributed by atoms with Gasteiger partial charge in [-0.2, -0.15) is 0 Å². The van der Waals surface area contributed by atoms with Gasteiger partial charge in [-0.25, -0.2) is 9.07 Å². The van der Waals surface area contributed by atoms with Gasteiger partial charge in [-0.05, 0) is 13.0 Å². The average Bonchev–Trinajstić information content (AvgIpc) is 2.64. The second-order valence-electron chi connectivity index (χ2n) is 3.64. The summed E-state index contributed by atoms with van der Waals surface area (Å²) < 4.78 is 14.9. The van der Waals surface area contributed by atoms with Crippen LogP contribution in [0.5, 0.6) is 0 Å². The lowest BCUT2D eigenvalue weighted by molar-refractivity contribution is 0.0995. The Hall–Kier alpha value is -2.24. The maximum absolute atomic E-state index is 13.4. The second kappa shape index (κ2) is 4.32. The van der Waals surface area contributed by atoms with E-state index >= 15 is 0 Å². The van der Waals surface area contributed by atoms with Crippen LogP contribution in [0.25, 0.3) is 0 Å². The van der Waals surface area contributed by atoms with Gasteiger partial charge in [0.2, 0.25) is 0 Å². The fraction of sp³-hybridized carbons (Fsp3) is 0.182. The molecule has 6 heteroatoms.